The van der Waals surface area contributed by atoms with E-state index < -0.39 is 0 Å². The quantitative estimate of drug-likeness (QED) is 0.124. The number of hydrogen-bond acceptors (Lipinski definition) is 2. The SMILES string of the molecule is c1ccc(-c2ccccc2-c2cc(-c3ccc(-c4cccc5c4c4ccccc4n5-c4ccccc4)cc3)nc(-c3c4ccccc4cc4c3ccc3ccccc34)n2)cc1. The topological polar surface area (TPSA) is 30.7 Å². The maximum Gasteiger partial charge on any atom is 0.161 e. The van der Waals surface area contributed by atoms with Crippen LogP contribution in [-0.2, 0) is 0 Å². The van der Waals surface area contributed by atoms with Crippen molar-refractivity contribution in [2.75, 3.05) is 0 Å². The fourth-order valence-electron chi connectivity index (χ4n) is 9.42. The lowest BCUT2D eigenvalue weighted by atomic mass is 9.92. The minimum Gasteiger partial charge on any atom is -0.309 e. The van der Waals surface area contributed by atoms with Gasteiger partial charge in [0.1, 0.15) is 0 Å². The molecule has 0 fully saturated rings. The summed E-state index contributed by atoms with van der Waals surface area (Å²) in [5.74, 6) is 0.704. The van der Waals surface area contributed by atoms with E-state index in [4.69, 9.17) is 9.97 Å². The third-order valence-electron chi connectivity index (χ3n) is 12.2. The Morgan fingerprint density at radius 1 is 0.311 bits per heavy atom. The Hall–Kier alpha value is -8.14. The van der Waals surface area contributed by atoms with E-state index >= 15 is 0 Å². The molecule has 0 aliphatic carbocycles. The van der Waals surface area contributed by atoms with Gasteiger partial charge in [-0.15, -0.1) is 0 Å². The van der Waals surface area contributed by atoms with Crippen LogP contribution in [0.3, 0.4) is 0 Å². The number of hydrogen-bond donors (Lipinski definition) is 0. The summed E-state index contributed by atoms with van der Waals surface area (Å²) < 4.78 is 2.37. The largest absolute Gasteiger partial charge is 0.309 e. The smallest absolute Gasteiger partial charge is 0.161 e. The van der Waals surface area contributed by atoms with E-state index in [9.17, 15) is 0 Å². The molecule has 0 unspecified atom stereocenters. The van der Waals surface area contributed by atoms with Crippen LogP contribution in [-0.4, -0.2) is 14.5 Å². The summed E-state index contributed by atoms with van der Waals surface area (Å²) in [6.07, 6.45) is 0. The molecule has 12 aromatic rings. The van der Waals surface area contributed by atoms with E-state index in [1.165, 1.54) is 43.5 Å². The van der Waals surface area contributed by atoms with Crippen LogP contribution >= 0.6 is 0 Å². The predicted molar refractivity (Wildman–Crippen MR) is 256 cm³/mol. The van der Waals surface area contributed by atoms with Gasteiger partial charge >= 0.3 is 0 Å². The average Bonchev–Trinajstić information content (AvgIpc) is 3.68. The first kappa shape index (κ1) is 34.9. The molecule has 2 heterocycles. The molecule has 61 heavy (non-hydrogen) atoms. The third kappa shape index (κ3) is 5.82. The van der Waals surface area contributed by atoms with Crippen molar-refractivity contribution >= 4 is 54.1 Å². The van der Waals surface area contributed by atoms with Crippen LogP contribution in [0.5, 0.6) is 0 Å². The van der Waals surface area contributed by atoms with Gasteiger partial charge in [-0.25, -0.2) is 9.97 Å². The number of nitrogens with zero attached hydrogens (tertiary/aromatic N) is 3. The van der Waals surface area contributed by atoms with Crippen molar-refractivity contribution in [2.45, 2.75) is 0 Å². The molecule has 3 heteroatoms. The molecule has 284 valence electrons. The summed E-state index contributed by atoms with van der Waals surface area (Å²) in [6, 6.07) is 80.4. The van der Waals surface area contributed by atoms with Gasteiger partial charge in [0.05, 0.1) is 22.4 Å². The second-order valence-electron chi connectivity index (χ2n) is 15.7. The molecule has 0 amide bonds. The normalized spacial score (nSPS) is 11.6. The highest BCUT2D eigenvalue weighted by molar-refractivity contribution is 6.20. The van der Waals surface area contributed by atoms with Crippen LogP contribution in [0.25, 0.3) is 116 Å². The monoisotopic (exact) mass is 775 g/mol. The van der Waals surface area contributed by atoms with E-state index in [0.29, 0.717) is 5.82 Å². The molecule has 0 N–H and O–H groups in total. The van der Waals surface area contributed by atoms with E-state index in [1.807, 2.05) is 0 Å². The fourth-order valence-corrected chi connectivity index (χ4v) is 9.42. The Morgan fingerprint density at radius 3 is 1.72 bits per heavy atom. The highest BCUT2D eigenvalue weighted by atomic mass is 15.0. The fraction of sp³-hybridized carbons (Fsp3) is 0. The highest BCUT2D eigenvalue weighted by Gasteiger charge is 2.20. The predicted octanol–water partition coefficient (Wildman–Crippen LogP) is 15.4. The van der Waals surface area contributed by atoms with Gasteiger partial charge in [-0.1, -0.05) is 188 Å². The van der Waals surface area contributed by atoms with Crippen molar-refractivity contribution in [3.05, 3.63) is 224 Å². The first-order chi connectivity index (χ1) is 30.3. The average molecular weight is 776 g/mol. The van der Waals surface area contributed by atoms with Crippen molar-refractivity contribution < 1.29 is 0 Å². The van der Waals surface area contributed by atoms with Crippen LogP contribution in [0.15, 0.2) is 224 Å². The van der Waals surface area contributed by atoms with E-state index in [-0.39, 0.29) is 0 Å². The molecular weight excluding hydrogens is 739 g/mol. The first-order valence-corrected chi connectivity index (χ1v) is 20.8. The van der Waals surface area contributed by atoms with Gasteiger partial charge in [0.15, 0.2) is 5.82 Å². The summed E-state index contributed by atoms with van der Waals surface area (Å²) >= 11 is 0. The maximum absolute atomic E-state index is 5.51. The van der Waals surface area contributed by atoms with Gasteiger partial charge in [0, 0.05) is 33.2 Å². The summed E-state index contributed by atoms with van der Waals surface area (Å²) in [7, 11) is 0. The highest BCUT2D eigenvalue weighted by Crippen LogP contribution is 2.42. The van der Waals surface area contributed by atoms with Gasteiger partial charge < -0.3 is 4.57 Å². The molecule has 0 aliphatic heterocycles. The number of rotatable bonds is 6. The Balaban J connectivity index is 1.07. The van der Waals surface area contributed by atoms with E-state index in [2.05, 4.69) is 229 Å². The van der Waals surface area contributed by atoms with Crippen LogP contribution in [0.2, 0.25) is 0 Å². The van der Waals surface area contributed by atoms with Gasteiger partial charge in [-0.2, -0.15) is 0 Å². The van der Waals surface area contributed by atoms with Gasteiger partial charge in [-0.05, 0) is 91.0 Å². The first-order valence-electron chi connectivity index (χ1n) is 20.8. The molecule has 10 aromatic carbocycles. The molecular formula is C58H37N3. The van der Waals surface area contributed by atoms with Gasteiger partial charge in [0.2, 0.25) is 0 Å². The van der Waals surface area contributed by atoms with Crippen LogP contribution in [0.1, 0.15) is 0 Å². The van der Waals surface area contributed by atoms with Gasteiger partial charge in [0.25, 0.3) is 0 Å². The number of aromatic nitrogens is 3. The molecule has 0 saturated heterocycles. The van der Waals surface area contributed by atoms with Crippen LogP contribution in [0, 0.1) is 0 Å². The standard InChI is InChI=1S/C58H37N3/c1-3-16-38(17-4-1)44-22-11-12-25-48(44)53-37-52(59-58(60-53)57-47-24-10-8-19-42(47)36-51-45-23-9-7-18-39(45)34-35-49(51)57)41-32-30-40(31-33-41)46-27-15-29-55-56(46)50-26-13-14-28-54(50)61(55)43-20-5-2-6-21-43/h1-37H. The lowest BCUT2D eigenvalue weighted by molar-refractivity contribution is 1.18. The molecule has 0 saturated carbocycles. The number of para-hydroxylation sites is 2. The zero-order chi connectivity index (χ0) is 40.3. The molecule has 0 aliphatic rings. The molecule has 3 nitrogen and oxygen atoms in total. The Labute approximate surface area is 353 Å². The molecule has 0 atom stereocenters. The summed E-state index contributed by atoms with van der Waals surface area (Å²) in [5, 5.41) is 9.53. The van der Waals surface area contributed by atoms with E-state index in [1.54, 1.807) is 0 Å². The van der Waals surface area contributed by atoms with Crippen molar-refractivity contribution in [3.8, 4) is 61.8 Å². The van der Waals surface area contributed by atoms with Gasteiger partial charge in [-0.3, -0.25) is 0 Å². The van der Waals surface area contributed by atoms with Crippen LogP contribution < -0.4 is 0 Å². The minimum absolute atomic E-state index is 0.704. The molecule has 0 bridgehead atoms. The second kappa shape index (κ2) is 14.3. The number of fused-ring (bicyclic) bond motifs is 7. The summed E-state index contributed by atoms with van der Waals surface area (Å²) in [5.41, 5.74) is 13.0. The lowest BCUT2D eigenvalue weighted by Crippen LogP contribution is -1.98. The zero-order valence-electron chi connectivity index (χ0n) is 33.2. The molecule has 0 spiro atoms. The summed E-state index contributed by atoms with van der Waals surface area (Å²) in [6.45, 7) is 0. The minimum atomic E-state index is 0.704. The zero-order valence-corrected chi connectivity index (χ0v) is 33.2. The van der Waals surface area contributed by atoms with E-state index in [0.717, 1.165) is 66.6 Å². The van der Waals surface area contributed by atoms with Crippen molar-refractivity contribution in [2.24, 2.45) is 0 Å². The van der Waals surface area contributed by atoms with Crippen LogP contribution in [0.4, 0.5) is 0 Å². The lowest BCUT2D eigenvalue weighted by Gasteiger charge is -2.16. The number of benzene rings is 10. The summed E-state index contributed by atoms with van der Waals surface area (Å²) in [4.78, 5) is 11.0. The molecule has 2 aromatic heterocycles. The third-order valence-corrected chi connectivity index (χ3v) is 12.2. The molecule has 12 rings (SSSR count). The van der Waals surface area contributed by atoms with Crippen molar-refractivity contribution in [1.82, 2.24) is 14.5 Å². The molecule has 0 radical (unpaired) electrons. The second-order valence-corrected chi connectivity index (χ2v) is 15.7. The Kier molecular flexibility index (Phi) is 8.17. The Morgan fingerprint density at radius 2 is 0.902 bits per heavy atom. The van der Waals surface area contributed by atoms with Crippen molar-refractivity contribution in [3.63, 3.8) is 0 Å². The van der Waals surface area contributed by atoms with Crippen molar-refractivity contribution in [1.29, 1.82) is 0 Å². The Bertz CT molecular complexity index is 3620. The maximum atomic E-state index is 5.51.